The summed E-state index contributed by atoms with van der Waals surface area (Å²) >= 11 is 5.79. The van der Waals surface area contributed by atoms with Gasteiger partial charge in [0.25, 0.3) is 5.91 Å². The molecule has 0 saturated carbocycles. The predicted molar refractivity (Wildman–Crippen MR) is 71.9 cm³/mol. The van der Waals surface area contributed by atoms with Crippen LogP contribution in [0.3, 0.4) is 0 Å². The lowest BCUT2D eigenvalue weighted by atomic mass is 9.95. The number of carbonyl (C=O) groups is 1. The van der Waals surface area contributed by atoms with Gasteiger partial charge in [-0.3, -0.25) is 9.48 Å². The van der Waals surface area contributed by atoms with Crippen molar-refractivity contribution in [2.24, 2.45) is 13.0 Å². The van der Waals surface area contributed by atoms with Crippen LogP contribution in [0.15, 0.2) is 6.20 Å². The maximum absolute atomic E-state index is 12.4. The van der Waals surface area contributed by atoms with Crippen molar-refractivity contribution in [3.8, 4) is 0 Å². The Morgan fingerprint density at radius 3 is 3.00 bits per heavy atom. The molecule has 5 heteroatoms. The fourth-order valence-corrected chi connectivity index (χ4v) is 2.93. The molecule has 1 atom stereocenters. The lowest BCUT2D eigenvalue weighted by Crippen LogP contribution is -2.40. The molecule has 18 heavy (non-hydrogen) atoms. The summed E-state index contributed by atoms with van der Waals surface area (Å²) in [5.41, 5.74) is 1.53. The van der Waals surface area contributed by atoms with E-state index in [0.717, 1.165) is 37.2 Å². The Balaban J connectivity index is 2.06. The first-order valence-electron chi connectivity index (χ1n) is 6.47. The average Bonchev–Trinajstić information content (AvgIpc) is 2.68. The number of piperidine rings is 1. The van der Waals surface area contributed by atoms with Crippen molar-refractivity contribution in [3.63, 3.8) is 0 Å². The SMILES string of the molecule is Cc1nn(C)cc1C(=O)N1CCCC(CCCl)C1. The minimum Gasteiger partial charge on any atom is -0.338 e. The smallest absolute Gasteiger partial charge is 0.257 e. The first kappa shape index (κ1) is 13.4. The second-order valence-electron chi connectivity index (χ2n) is 5.04. The highest BCUT2D eigenvalue weighted by Crippen LogP contribution is 2.22. The van der Waals surface area contributed by atoms with E-state index in [-0.39, 0.29) is 5.91 Å². The van der Waals surface area contributed by atoms with Gasteiger partial charge < -0.3 is 4.90 Å². The van der Waals surface area contributed by atoms with Crippen molar-refractivity contribution in [2.45, 2.75) is 26.2 Å². The van der Waals surface area contributed by atoms with Gasteiger partial charge in [0.15, 0.2) is 0 Å². The molecule has 0 spiro atoms. The van der Waals surface area contributed by atoms with Crippen molar-refractivity contribution >= 4 is 17.5 Å². The molecule has 0 N–H and O–H groups in total. The summed E-state index contributed by atoms with van der Waals surface area (Å²) in [5.74, 6) is 1.34. The van der Waals surface area contributed by atoms with Crippen LogP contribution < -0.4 is 0 Å². The van der Waals surface area contributed by atoms with Crippen LogP contribution >= 0.6 is 11.6 Å². The van der Waals surface area contributed by atoms with Gasteiger partial charge in [0.2, 0.25) is 0 Å². The Morgan fingerprint density at radius 2 is 2.39 bits per heavy atom. The Kier molecular flexibility index (Phi) is 4.27. The number of hydrogen-bond acceptors (Lipinski definition) is 2. The van der Waals surface area contributed by atoms with Gasteiger partial charge in [-0.05, 0) is 32.1 Å². The molecular weight excluding hydrogens is 250 g/mol. The second-order valence-corrected chi connectivity index (χ2v) is 5.42. The van der Waals surface area contributed by atoms with Crippen LogP contribution in [0.1, 0.15) is 35.3 Å². The van der Waals surface area contributed by atoms with Crippen molar-refractivity contribution in [1.82, 2.24) is 14.7 Å². The third-order valence-corrected chi connectivity index (χ3v) is 3.79. The molecule has 1 amide bonds. The molecule has 0 aromatic carbocycles. The third-order valence-electron chi connectivity index (χ3n) is 3.57. The molecule has 1 fully saturated rings. The minimum atomic E-state index is 0.111. The van der Waals surface area contributed by atoms with Crippen molar-refractivity contribution < 1.29 is 4.79 Å². The van der Waals surface area contributed by atoms with E-state index < -0.39 is 0 Å². The van der Waals surface area contributed by atoms with Gasteiger partial charge in [0.1, 0.15) is 0 Å². The van der Waals surface area contributed by atoms with E-state index in [1.54, 1.807) is 4.68 Å². The minimum absolute atomic E-state index is 0.111. The number of halogens is 1. The number of hydrogen-bond donors (Lipinski definition) is 0. The van der Waals surface area contributed by atoms with E-state index in [4.69, 9.17) is 11.6 Å². The summed E-state index contributed by atoms with van der Waals surface area (Å²) in [7, 11) is 1.84. The molecule has 1 aliphatic rings. The van der Waals surface area contributed by atoms with Gasteiger partial charge in [0, 0.05) is 32.2 Å². The van der Waals surface area contributed by atoms with E-state index in [1.807, 2.05) is 25.1 Å². The molecule has 1 saturated heterocycles. The normalized spacial score (nSPS) is 20.2. The fourth-order valence-electron chi connectivity index (χ4n) is 2.62. The zero-order chi connectivity index (χ0) is 13.1. The van der Waals surface area contributed by atoms with Crippen molar-refractivity contribution in [2.75, 3.05) is 19.0 Å². The highest BCUT2D eigenvalue weighted by molar-refractivity contribution is 6.17. The standard InChI is InChI=1S/C13H20ClN3O/c1-10-12(9-16(2)15-10)13(18)17-7-3-4-11(8-17)5-6-14/h9,11H,3-8H2,1-2H3. The van der Waals surface area contributed by atoms with Crippen LogP contribution in [0.4, 0.5) is 0 Å². The number of alkyl halides is 1. The quantitative estimate of drug-likeness (QED) is 0.789. The van der Waals surface area contributed by atoms with Gasteiger partial charge in [-0.25, -0.2) is 0 Å². The number of aromatic nitrogens is 2. The van der Waals surface area contributed by atoms with E-state index >= 15 is 0 Å². The molecule has 0 radical (unpaired) electrons. The molecule has 0 aliphatic carbocycles. The second kappa shape index (κ2) is 5.74. The summed E-state index contributed by atoms with van der Waals surface area (Å²) in [4.78, 5) is 14.4. The maximum atomic E-state index is 12.4. The molecule has 1 aromatic rings. The maximum Gasteiger partial charge on any atom is 0.257 e. The molecule has 4 nitrogen and oxygen atoms in total. The van der Waals surface area contributed by atoms with Crippen LogP contribution in [0.5, 0.6) is 0 Å². The monoisotopic (exact) mass is 269 g/mol. The third kappa shape index (κ3) is 2.86. The molecule has 0 bridgehead atoms. The number of aryl methyl sites for hydroxylation is 2. The van der Waals surface area contributed by atoms with E-state index in [1.165, 1.54) is 6.42 Å². The molecule has 2 rings (SSSR count). The van der Waals surface area contributed by atoms with E-state index in [9.17, 15) is 4.79 Å². The molecule has 2 heterocycles. The van der Waals surface area contributed by atoms with Crippen LogP contribution in [-0.4, -0.2) is 39.6 Å². The molecular formula is C13H20ClN3O. The predicted octanol–water partition coefficient (Wildman–Crippen LogP) is 2.21. The Bertz CT molecular complexity index is 428. The van der Waals surface area contributed by atoms with Crippen molar-refractivity contribution in [3.05, 3.63) is 17.5 Å². The summed E-state index contributed by atoms with van der Waals surface area (Å²) in [6.45, 7) is 3.57. The summed E-state index contributed by atoms with van der Waals surface area (Å²) in [6, 6.07) is 0. The summed E-state index contributed by atoms with van der Waals surface area (Å²) in [6.07, 6.45) is 5.06. The molecule has 1 aromatic heterocycles. The number of carbonyl (C=O) groups excluding carboxylic acids is 1. The number of likely N-dealkylation sites (tertiary alicyclic amines) is 1. The fraction of sp³-hybridized carbons (Fsp3) is 0.692. The Morgan fingerprint density at radius 1 is 1.61 bits per heavy atom. The first-order valence-corrected chi connectivity index (χ1v) is 7.00. The summed E-state index contributed by atoms with van der Waals surface area (Å²) < 4.78 is 1.70. The first-order chi connectivity index (χ1) is 8.61. The number of rotatable bonds is 3. The van der Waals surface area contributed by atoms with Crippen LogP contribution in [0.2, 0.25) is 0 Å². The number of amides is 1. The van der Waals surface area contributed by atoms with Crippen molar-refractivity contribution in [1.29, 1.82) is 0 Å². The van der Waals surface area contributed by atoms with Gasteiger partial charge in [-0.15, -0.1) is 11.6 Å². The van der Waals surface area contributed by atoms with Crippen LogP contribution in [0, 0.1) is 12.8 Å². The molecule has 100 valence electrons. The van der Waals surface area contributed by atoms with Crippen LogP contribution in [-0.2, 0) is 7.05 Å². The van der Waals surface area contributed by atoms with E-state index in [2.05, 4.69) is 5.10 Å². The Labute approximate surface area is 113 Å². The Hall–Kier alpha value is -1.03. The van der Waals surface area contributed by atoms with E-state index in [0.29, 0.717) is 11.8 Å². The molecule has 1 aliphatic heterocycles. The average molecular weight is 270 g/mol. The zero-order valence-corrected chi connectivity index (χ0v) is 11.8. The highest BCUT2D eigenvalue weighted by atomic mass is 35.5. The highest BCUT2D eigenvalue weighted by Gasteiger charge is 2.25. The van der Waals surface area contributed by atoms with Gasteiger partial charge in [-0.2, -0.15) is 5.10 Å². The zero-order valence-electron chi connectivity index (χ0n) is 11.0. The lowest BCUT2D eigenvalue weighted by molar-refractivity contribution is 0.0671. The largest absolute Gasteiger partial charge is 0.338 e. The molecule has 1 unspecified atom stereocenters. The van der Waals surface area contributed by atoms with Crippen LogP contribution in [0.25, 0.3) is 0 Å². The lowest BCUT2D eigenvalue weighted by Gasteiger charge is -2.32. The van der Waals surface area contributed by atoms with Gasteiger partial charge in [0.05, 0.1) is 11.3 Å². The number of nitrogens with zero attached hydrogens (tertiary/aromatic N) is 3. The summed E-state index contributed by atoms with van der Waals surface area (Å²) in [5, 5.41) is 4.23. The topological polar surface area (TPSA) is 38.1 Å². The van der Waals surface area contributed by atoms with Gasteiger partial charge >= 0.3 is 0 Å². The van der Waals surface area contributed by atoms with Gasteiger partial charge in [-0.1, -0.05) is 0 Å².